The number of anilines is 1. The van der Waals surface area contributed by atoms with Gasteiger partial charge in [-0.05, 0) is 49.2 Å². The van der Waals surface area contributed by atoms with E-state index in [4.69, 9.17) is 4.74 Å². The van der Waals surface area contributed by atoms with Gasteiger partial charge in [0.2, 0.25) is 0 Å². The number of carbonyl (C=O) groups excluding carboxylic acids is 2. The van der Waals surface area contributed by atoms with Gasteiger partial charge >= 0.3 is 12.0 Å². The molecule has 3 rings (SSSR count). The summed E-state index contributed by atoms with van der Waals surface area (Å²) in [5.41, 5.74) is 1.03. The first-order chi connectivity index (χ1) is 15.7. The lowest BCUT2D eigenvalue weighted by molar-refractivity contribution is 0.0600. The quantitative estimate of drug-likeness (QED) is 0.575. The fourth-order valence-electron chi connectivity index (χ4n) is 3.92. The Morgan fingerprint density at radius 1 is 1.03 bits per heavy atom. The van der Waals surface area contributed by atoms with E-state index in [-0.39, 0.29) is 12.6 Å². The highest BCUT2D eigenvalue weighted by Crippen LogP contribution is 2.23. The predicted molar refractivity (Wildman–Crippen MR) is 124 cm³/mol. The summed E-state index contributed by atoms with van der Waals surface area (Å²) in [6, 6.07) is 13.5. The molecule has 1 heterocycles. The van der Waals surface area contributed by atoms with Gasteiger partial charge in [-0.3, -0.25) is 9.80 Å². The van der Waals surface area contributed by atoms with E-state index < -0.39 is 18.3 Å². The van der Waals surface area contributed by atoms with Crippen LogP contribution in [0.3, 0.4) is 0 Å². The Morgan fingerprint density at radius 3 is 2.27 bits per heavy atom. The molecule has 0 aliphatic carbocycles. The second kappa shape index (κ2) is 10.7. The van der Waals surface area contributed by atoms with Gasteiger partial charge in [0, 0.05) is 38.4 Å². The van der Waals surface area contributed by atoms with Gasteiger partial charge in [-0.2, -0.15) is 0 Å². The minimum atomic E-state index is -1.29. The number of urea groups is 1. The standard InChI is InChI=1S/C25H31F2N3O3/c1-25(2,27)18-28-11-13-29(14-12-28)24(32)30(22-6-4-5-20(15-22)16-26)17-19-7-9-21(10-8-19)23(31)33-3/h4-10,15H,11-14,16-18H2,1-3H3. The van der Waals surface area contributed by atoms with Crippen LogP contribution in [0, 0.1) is 0 Å². The Hall–Kier alpha value is -3.00. The molecule has 1 aliphatic rings. The van der Waals surface area contributed by atoms with E-state index in [1.54, 1.807) is 72.2 Å². The molecule has 0 radical (unpaired) electrons. The smallest absolute Gasteiger partial charge is 0.337 e. The molecular weight excluding hydrogens is 428 g/mol. The van der Waals surface area contributed by atoms with E-state index in [2.05, 4.69) is 0 Å². The lowest BCUT2D eigenvalue weighted by atomic mass is 10.1. The number of halogens is 2. The maximum atomic E-state index is 14.0. The molecule has 1 saturated heterocycles. The molecule has 2 aromatic carbocycles. The zero-order chi connectivity index (χ0) is 24.0. The topological polar surface area (TPSA) is 53.1 Å². The molecule has 8 heteroatoms. The highest BCUT2D eigenvalue weighted by atomic mass is 19.1. The van der Waals surface area contributed by atoms with Crippen LogP contribution < -0.4 is 4.90 Å². The number of nitrogens with zero attached hydrogens (tertiary/aromatic N) is 3. The van der Waals surface area contributed by atoms with Gasteiger partial charge in [-0.25, -0.2) is 18.4 Å². The second-order valence-electron chi connectivity index (χ2n) is 8.84. The molecule has 0 atom stereocenters. The number of amides is 2. The first kappa shape index (κ1) is 24.6. The van der Waals surface area contributed by atoms with Crippen molar-refractivity contribution in [2.45, 2.75) is 32.7 Å². The molecule has 0 N–H and O–H groups in total. The maximum Gasteiger partial charge on any atom is 0.337 e. The van der Waals surface area contributed by atoms with E-state index in [1.807, 2.05) is 4.90 Å². The van der Waals surface area contributed by atoms with Crippen LogP contribution in [0.1, 0.15) is 35.3 Å². The number of rotatable bonds is 7. The Bertz CT molecular complexity index is 952. The van der Waals surface area contributed by atoms with Gasteiger partial charge in [0.05, 0.1) is 19.2 Å². The van der Waals surface area contributed by atoms with Crippen molar-refractivity contribution < 1.29 is 23.1 Å². The summed E-state index contributed by atoms with van der Waals surface area (Å²) in [5, 5.41) is 0. The number of carbonyl (C=O) groups is 2. The minimum Gasteiger partial charge on any atom is -0.465 e. The molecular formula is C25H31F2N3O3. The van der Waals surface area contributed by atoms with Gasteiger partial charge in [-0.15, -0.1) is 0 Å². The maximum absolute atomic E-state index is 14.0. The average molecular weight is 460 g/mol. The van der Waals surface area contributed by atoms with Crippen LogP contribution in [0.4, 0.5) is 19.3 Å². The fraction of sp³-hybridized carbons (Fsp3) is 0.440. The van der Waals surface area contributed by atoms with E-state index in [1.165, 1.54) is 7.11 Å². The Balaban J connectivity index is 1.79. The number of piperazine rings is 1. The van der Waals surface area contributed by atoms with Gasteiger partial charge in [-0.1, -0.05) is 24.3 Å². The van der Waals surface area contributed by atoms with Crippen molar-refractivity contribution >= 4 is 17.7 Å². The Morgan fingerprint density at radius 2 is 1.70 bits per heavy atom. The number of alkyl halides is 2. The van der Waals surface area contributed by atoms with Crippen LogP contribution in [0.15, 0.2) is 48.5 Å². The number of benzene rings is 2. The average Bonchev–Trinajstić information content (AvgIpc) is 2.81. The fourth-order valence-corrected chi connectivity index (χ4v) is 3.92. The number of hydrogen-bond donors (Lipinski definition) is 0. The summed E-state index contributed by atoms with van der Waals surface area (Å²) in [5.74, 6) is -0.431. The Labute approximate surface area is 193 Å². The molecule has 0 aromatic heterocycles. The van der Waals surface area contributed by atoms with Crippen LogP contribution >= 0.6 is 0 Å². The molecule has 2 amide bonds. The first-order valence-electron chi connectivity index (χ1n) is 11.0. The zero-order valence-electron chi connectivity index (χ0n) is 19.4. The molecule has 0 bridgehead atoms. The number of ether oxygens (including phenoxy) is 1. The minimum absolute atomic E-state index is 0.192. The summed E-state index contributed by atoms with van der Waals surface area (Å²) in [6.45, 7) is 5.20. The summed E-state index contributed by atoms with van der Waals surface area (Å²) in [6.07, 6.45) is 0. The third-order valence-corrected chi connectivity index (χ3v) is 5.57. The molecule has 0 unspecified atom stereocenters. The van der Waals surface area contributed by atoms with Crippen molar-refractivity contribution in [1.82, 2.24) is 9.80 Å². The first-order valence-corrected chi connectivity index (χ1v) is 11.0. The highest BCUT2D eigenvalue weighted by molar-refractivity contribution is 5.92. The van der Waals surface area contributed by atoms with Gasteiger partial charge in [0.1, 0.15) is 12.3 Å². The van der Waals surface area contributed by atoms with E-state index in [9.17, 15) is 18.4 Å². The van der Waals surface area contributed by atoms with Crippen molar-refractivity contribution in [3.63, 3.8) is 0 Å². The monoisotopic (exact) mass is 459 g/mol. The Kier molecular flexibility index (Phi) is 8.02. The summed E-state index contributed by atoms with van der Waals surface area (Å²) in [4.78, 5) is 30.6. The highest BCUT2D eigenvalue weighted by Gasteiger charge is 2.29. The molecule has 6 nitrogen and oxygen atoms in total. The molecule has 0 saturated carbocycles. The van der Waals surface area contributed by atoms with Crippen LogP contribution in [0.2, 0.25) is 0 Å². The van der Waals surface area contributed by atoms with Crippen molar-refractivity contribution in [2.75, 3.05) is 44.7 Å². The number of esters is 1. The molecule has 2 aromatic rings. The largest absolute Gasteiger partial charge is 0.465 e. The van der Waals surface area contributed by atoms with Crippen molar-refractivity contribution in [3.05, 3.63) is 65.2 Å². The second-order valence-corrected chi connectivity index (χ2v) is 8.84. The van der Waals surface area contributed by atoms with Crippen LogP contribution in [0.5, 0.6) is 0 Å². The lowest BCUT2D eigenvalue weighted by Crippen LogP contribution is -2.54. The summed E-state index contributed by atoms with van der Waals surface area (Å²) >= 11 is 0. The van der Waals surface area contributed by atoms with E-state index in [0.29, 0.717) is 49.5 Å². The third kappa shape index (κ3) is 6.74. The van der Waals surface area contributed by atoms with Crippen LogP contribution in [-0.2, 0) is 18.0 Å². The number of methoxy groups -OCH3 is 1. The van der Waals surface area contributed by atoms with E-state index in [0.717, 1.165) is 5.56 Å². The van der Waals surface area contributed by atoms with Crippen molar-refractivity contribution in [3.8, 4) is 0 Å². The van der Waals surface area contributed by atoms with Crippen molar-refractivity contribution in [1.29, 1.82) is 0 Å². The molecule has 1 fully saturated rings. The molecule has 1 aliphatic heterocycles. The third-order valence-electron chi connectivity index (χ3n) is 5.57. The zero-order valence-corrected chi connectivity index (χ0v) is 19.4. The molecule has 0 spiro atoms. The summed E-state index contributed by atoms with van der Waals surface area (Å²) < 4.78 is 32.0. The van der Waals surface area contributed by atoms with Crippen LogP contribution in [-0.4, -0.2) is 67.3 Å². The van der Waals surface area contributed by atoms with Gasteiger partial charge < -0.3 is 9.64 Å². The lowest BCUT2D eigenvalue weighted by Gasteiger charge is -2.39. The SMILES string of the molecule is COC(=O)c1ccc(CN(C(=O)N2CCN(CC(C)(C)F)CC2)c2cccc(CF)c2)cc1. The summed E-state index contributed by atoms with van der Waals surface area (Å²) in [7, 11) is 1.32. The number of hydrogen-bond acceptors (Lipinski definition) is 4. The molecule has 33 heavy (non-hydrogen) atoms. The predicted octanol–water partition coefficient (Wildman–Crippen LogP) is 4.44. The van der Waals surface area contributed by atoms with Gasteiger partial charge in [0.25, 0.3) is 0 Å². The van der Waals surface area contributed by atoms with Crippen molar-refractivity contribution in [2.24, 2.45) is 0 Å². The van der Waals surface area contributed by atoms with E-state index >= 15 is 0 Å². The van der Waals surface area contributed by atoms with Gasteiger partial charge in [0.15, 0.2) is 0 Å². The van der Waals surface area contributed by atoms with Crippen LogP contribution in [0.25, 0.3) is 0 Å². The normalized spacial score (nSPS) is 14.8. The molecule has 178 valence electrons.